The third-order valence-corrected chi connectivity index (χ3v) is 4.18. The molecule has 1 heterocycles. The van der Waals surface area contributed by atoms with Crippen LogP contribution in [0.2, 0.25) is 0 Å². The number of halogens is 1. The monoisotopic (exact) mass is 269 g/mol. The van der Waals surface area contributed by atoms with E-state index in [4.69, 9.17) is 11.6 Å². The topological polar surface area (TPSA) is 46.9 Å². The van der Waals surface area contributed by atoms with Crippen LogP contribution in [-0.4, -0.2) is 21.5 Å². The standard InChI is InChI=1S/C13H20ClN3O/c1-2-17-8-7-15-12(13(17)18)16-9-10-5-3-4-6-11(10)14/h7-8,10-11H,2-6,9H2,1H3,(H,15,16). The lowest BCUT2D eigenvalue weighted by molar-refractivity contribution is 0.380. The van der Waals surface area contributed by atoms with Crippen molar-refractivity contribution in [1.82, 2.24) is 9.55 Å². The van der Waals surface area contributed by atoms with Crippen LogP contribution < -0.4 is 10.9 Å². The molecule has 18 heavy (non-hydrogen) atoms. The van der Waals surface area contributed by atoms with Crippen molar-refractivity contribution in [3.8, 4) is 0 Å². The van der Waals surface area contributed by atoms with Gasteiger partial charge in [-0.05, 0) is 25.7 Å². The number of aryl methyl sites for hydroxylation is 1. The Morgan fingerprint density at radius 1 is 1.50 bits per heavy atom. The quantitative estimate of drug-likeness (QED) is 0.855. The molecule has 1 aliphatic carbocycles. The van der Waals surface area contributed by atoms with E-state index < -0.39 is 0 Å². The molecule has 1 N–H and O–H groups in total. The normalized spacial score (nSPS) is 23.9. The van der Waals surface area contributed by atoms with Crippen LogP contribution in [0, 0.1) is 5.92 Å². The number of aromatic nitrogens is 2. The van der Waals surface area contributed by atoms with Gasteiger partial charge in [-0.15, -0.1) is 11.6 Å². The molecule has 0 saturated heterocycles. The van der Waals surface area contributed by atoms with E-state index in [9.17, 15) is 4.79 Å². The van der Waals surface area contributed by atoms with Crippen molar-refractivity contribution in [2.75, 3.05) is 11.9 Å². The van der Waals surface area contributed by atoms with Crippen molar-refractivity contribution in [2.45, 2.75) is 44.5 Å². The van der Waals surface area contributed by atoms with Gasteiger partial charge in [-0.3, -0.25) is 4.79 Å². The minimum absolute atomic E-state index is 0.0538. The molecule has 1 saturated carbocycles. The smallest absolute Gasteiger partial charge is 0.293 e. The highest BCUT2D eigenvalue weighted by atomic mass is 35.5. The first-order valence-corrected chi connectivity index (χ1v) is 7.09. The molecule has 4 nitrogen and oxygen atoms in total. The Morgan fingerprint density at radius 2 is 2.28 bits per heavy atom. The average molecular weight is 270 g/mol. The number of nitrogens with zero attached hydrogens (tertiary/aromatic N) is 2. The highest BCUT2D eigenvalue weighted by molar-refractivity contribution is 6.20. The van der Waals surface area contributed by atoms with E-state index in [2.05, 4.69) is 10.3 Å². The molecule has 0 spiro atoms. The summed E-state index contributed by atoms with van der Waals surface area (Å²) in [6, 6.07) is 0. The maximum Gasteiger partial charge on any atom is 0.293 e. The highest BCUT2D eigenvalue weighted by Crippen LogP contribution is 2.28. The van der Waals surface area contributed by atoms with Crippen LogP contribution in [0.4, 0.5) is 5.82 Å². The SMILES string of the molecule is CCn1ccnc(NCC2CCCCC2Cl)c1=O. The molecule has 0 aliphatic heterocycles. The molecule has 5 heteroatoms. The van der Waals surface area contributed by atoms with E-state index in [-0.39, 0.29) is 10.9 Å². The third kappa shape index (κ3) is 3.05. The van der Waals surface area contributed by atoms with E-state index >= 15 is 0 Å². The second-order valence-corrected chi connectivity index (χ2v) is 5.37. The van der Waals surface area contributed by atoms with Crippen LogP contribution in [0.15, 0.2) is 17.2 Å². The first kappa shape index (κ1) is 13.4. The van der Waals surface area contributed by atoms with Crippen molar-refractivity contribution in [3.05, 3.63) is 22.7 Å². The van der Waals surface area contributed by atoms with Gasteiger partial charge >= 0.3 is 0 Å². The molecule has 0 aromatic carbocycles. The van der Waals surface area contributed by atoms with Crippen molar-refractivity contribution in [2.24, 2.45) is 5.92 Å². The van der Waals surface area contributed by atoms with E-state index in [1.807, 2.05) is 6.92 Å². The summed E-state index contributed by atoms with van der Waals surface area (Å²) < 4.78 is 1.65. The van der Waals surface area contributed by atoms with Crippen LogP contribution in [0.5, 0.6) is 0 Å². The molecule has 0 radical (unpaired) electrons. The molecular formula is C13H20ClN3O. The van der Waals surface area contributed by atoms with Gasteiger partial charge in [-0.2, -0.15) is 0 Å². The van der Waals surface area contributed by atoms with Crippen LogP contribution >= 0.6 is 11.6 Å². The van der Waals surface area contributed by atoms with Gasteiger partial charge in [-0.25, -0.2) is 4.98 Å². The number of rotatable bonds is 4. The summed E-state index contributed by atoms with van der Waals surface area (Å²) in [5.41, 5.74) is -0.0538. The Balaban J connectivity index is 1.99. The van der Waals surface area contributed by atoms with Gasteiger partial charge < -0.3 is 9.88 Å². The maximum absolute atomic E-state index is 12.0. The predicted octanol–water partition coefficient (Wildman–Crippen LogP) is 2.47. The lowest BCUT2D eigenvalue weighted by Gasteiger charge is -2.27. The van der Waals surface area contributed by atoms with E-state index in [1.165, 1.54) is 12.8 Å². The fourth-order valence-electron chi connectivity index (χ4n) is 2.44. The molecule has 1 fully saturated rings. The van der Waals surface area contributed by atoms with Gasteiger partial charge in [0.2, 0.25) is 0 Å². The van der Waals surface area contributed by atoms with Gasteiger partial charge in [0.25, 0.3) is 5.56 Å². The minimum atomic E-state index is -0.0538. The molecule has 2 rings (SSSR count). The van der Waals surface area contributed by atoms with Crippen molar-refractivity contribution in [1.29, 1.82) is 0 Å². The number of anilines is 1. The predicted molar refractivity (Wildman–Crippen MR) is 74.3 cm³/mol. The number of hydrogen-bond donors (Lipinski definition) is 1. The number of alkyl halides is 1. The number of hydrogen-bond acceptors (Lipinski definition) is 3. The van der Waals surface area contributed by atoms with Gasteiger partial charge in [0.1, 0.15) is 0 Å². The minimum Gasteiger partial charge on any atom is -0.365 e. The summed E-state index contributed by atoms with van der Waals surface area (Å²) >= 11 is 6.30. The summed E-state index contributed by atoms with van der Waals surface area (Å²) in [4.78, 5) is 16.1. The summed E-state index contributed by atoms with van der Waals surface area (Å²) in [5.74, 6) is 0.880. The second kappa shape index (κ2) is 6.23. The van der Waals surface area contributed by atoms with Gasteiger partial charge in [0.15, 0.2) is 5.82 Å². The van der Waals surface area contributed by atoms with E-state index in [1.54, 1.807) is 17.0 Å². The van der Waals surface area contributed by atoms with Crippen molar-refractivity contribution >= 4 is 17.4 Å². The maximum atomic E-state index is 12.0. The van der Waals surface area contributed by atoms with Gasteiger partial charge in [0, 0.05) is 30.9 Å². The van der Waals surface area contributed by atoms with E-state index in [0.29, 0.717) is 18.3 Å². The lowest BCUT2D eigenvalue weighted by atomic mass is 9.89. The van der Waals surface area contributed by atoms with Crippen molar-refractivity contribution < 1.29 is 0 Å². The summed E-state index contributed by atoms with van der Waals surface area (Å²) in [7, 11) is 0. The zero-order chi connectivity index (χ0) is 13.0. The van der Waals surface area contributed by atoms with Crippen molar-refractivity contribution in [3.63, 3.8) is 0 Å². The zero-order valence-corrected chi connectivity index (χ0v) is 11.5. The third-order valence-electron chi connectivity index (χ3n) is 3.60. The first-order chi connectivity index (χ1) is 8.72. The fraction of sp³-hybridized carbons (Fsp3) is 0.692. The zero-order valence-electron chi connectivity index (χ0n) is 10.7. The van der Waals surface area contributed by atoms with Crippen LogP contribution in [0.1, 0.15) is 32.6 Å². The summed E-state index contributed by atoms with van der Waals surface area (Å²) in [6.07, 6.45) is 8.03. The molecule has 1 aromatic rings. The molecule has 100 valence electrons. The molecule has 2 unspecified atom stereocenters. The molecule has 0 amide bonds. The largest absolute Gasteiger partial charge is 0.365 e. The molecule has 2 atom stereocenters. The molecule has 1 aliphatic rings. The number of nitrogens with one attached hydrogen (secondary N) is 1. The second-order valence-electron chi connectivity index (χ2n) is 4.81. The first-order valence-electron chi connectivity index (χ1n) is 6.65. The Kier molecular flexibility index (Phi) is 4.64. The Labute approximate surface area is 112 Å². The molecular weight excluding hydrogens is 250 g/mol. The Bertz CT molecular complexity index is 446. The Morgan fingerprint density at radius 3 is 3.00 bits per heavy atom. The average Bonchev–Trinajstić information content (AvgIpc) is 2.39. The lowest BCUT2D eigenvalue weighted by Crippen LogP contribution is -2.30. The van der Waals surface area contributed by atoms with Crippen LogP contribution in [0.25, 0.3) is 0 Å². The van der Waals surface area contributed by atoms with E-state index in [0.717, 1.165) is 19.4 Å². The highest BCUT2D eigenvalue weighted by Gasteiger charge is 2.23. The van der Waals surface area contributed by atoms with Crippen LogP contribution in [0.3, 0.4) is 0 Å². The van der Waals surface area contributed by atoms with Gasteiger partial charge in [-0.1, -0.05) is 12.8 Å². The Hall–Kier alpha value is -1.03. The van der Waals surface area contributed by atoms with Gasteiger partial charge in [0.05, 0.1) is 0 Å². The fourth-order valence-corrected chi connectivity index (χ4v) is 2.81. The summed E-state index contributed by atoms with van der Waals surface area (Å²) in [6.45, 7) is 3.35. The summed E-state index contributed by atoms with van der Waals surface area (Å²) in [5, 5.41) is 3.38. The molecule has 0 bridgehead atoms. The molecule has 1 aromatic heterocycles. The van der Waals surface area contributed by atoms with Crippen LogP contribution in [-0.2, 0) is 6.54 Å².